The van der Waals surface area contributed by atoms with E-state index in [1.54, 1.807) is 18.2 Å². The van der Waals surface area contributed by atoms with Crippen molar-refractivity contribution >= 4 is 5.69 Å². The maximum atomic E-state index is 10.9. The normalized spacial score (nSPS) is 15.6. The molecule has 0 saturated carbocycles. The molecule has 1 N–H and O–H groups in total. The summed E-state index contributed by atoms with van der Waals surface area (Å²) in [7, 11) is 0. The Kier molecular flexibility index (Phi) is 6.65. The second-order valence-electron chi connectivity index (χ2n) is 5.63. The molecule has 20 heavy (non-hydrogen) atoms. The average Bonchev–Trinajstić information content (AvgIpc) is 2.44. The van der Waals surface area contributed by atoms with Gasteiger partial charge in [-0.25, -0.2) is 0 Å². The summed E-state index contributed by atoms with van der Waals surface area (Å²) in [6, 6.07) is 7.53. The number of nitrogens with zero attached hydrogens (tertiary/aromatic N) is 1. The molecule has 3 atom stereocenters. The maximum absolute atomic E-state index is 10.9. The number of nitro groups is 1. The van der Waals surface area contributed by atoms with Crippen molar-refractivity contribution in [1.29, 1.82) is 0 Å². The fourth-order valence-corrected chi connectivity index (χ4v) is 2.49. The van der Waals surface area contributed by atoms with E-state index in [9.17, 15) is 10.1 Å². The topological polar surface area (TPSA) is 55.2 Å². The minimum Gasteiger partial charge on any atom is -0.307 e. The molecule has 3 unspecified atom stereocenters. The Morgan fingerprint density at radius 2 is 1.95 bits per heavy atom. The number of hydrogen-bond acceptors (Lipinski definition) is 3. The smallest absolute Gasteiger partial charge is 0.269 e. The Morgan fingerprint density at radius 3 is 2.50 bits per heavy atom. The Morgan fingerprint density at radius 1 is 1.25 bits per heavy atom. The minimum atomic E-state index is -0.335. The first kappa shape index (κ1) is 16.6. The summed E-state index contributed by atoms with van der Waals surface area (Å²) in [5.41, 5.74) is 1.16. The van der Waals surface area contributed by atoms with E-state index in [-0.39, 0.29) is 16.7 Å². The molecule has 0 radical (unpaired) electrons. The van der Waals surface area contributed by atoms with E-state index in [4.69, 9.17) is 0 Å². The van der Waals surface area contributed by atoms with Gasteiger partial charge >= 0.3 is 0 Å². The zero-order chi connectivity index (χ0) is 15.1. The summed E-state index contributed by atoms with van der Waals surface area (Å²) in [6.07, 6.45) is 3.23. The molecule has 0 bridgehead atoms. The quantitative estimate of drug-likeness (QED) is 0.564. The lowest BCUT2D eigenvalue weighted by molar-refractivity contribution is -0.384. The summed E-state index contributed by atoms with van der Waals surface area (Å²) in [4.78, 5) is 10.5. The highest BCUT2D eigenvalue weighted by Gasteiger charge is 2.16. The predicted octanol–water partition coefficient (Wildman–Crippen LogP) is 4.46. The number of nitrogens with one attached hydrogen (secondary N) is 1. The van der Waals surface area contributed by atoms with Crippen LogP contribution in [-0.2, 0) is 0 Å². The summed E-state index contributed by atoms with van der Waals surface area (Å²) >= 11 is 0. The van der Waals surface area contributed by atoms with Gasteiger partial charge in [0, 0.05) is 24.2 Å². The van der Waals surface area contributed by atoms with Gasteiger partial charge in [-0.2, -0.15) is 0 Å². The molecule has 0 aliphatic rings. The van der Waals surface area contributed by atoms with Gasteiger partial charge in [-0.05, 0) is 31.2 Å². The van der Waals surface area contributed by atoms with Crippen molar-refractivity contribution in [1.82, 2.24) is 5.32 Å². The molecule has 1 aromatic rings. The van der Waals surface area contributed by atoms with Gasteiger partial charge in [0.15, 0.2) is 0 Å². The van der Waals surface area contributed by atoms with Crippen LogP contribution >= 0.6 is 0 Å². The molecule has 0 heterocycles. The van der Waals surface area contributed by atoms with Crippen molar-refractivity contribution in [2.24, 2.45) is 5.92 Å². The Hall–Kier alpha value is -1.42. The molecule has 4 nitrogen and oxygen atoms in total. The van der Waals surface area contributed by atoms with Crippen LogP contribution in [0.15, 0.2) is 24.3 Å². The van der Waals surface area contributed by atoms with Gasteiger partial charge in [-0.3, -0.25) is 10.1 Å². The molecule has 1 aromatic carbocycles. The van der Waals surface area contributed by atoms with Crippen LogP contribution in [0, 0.1) is 16.0 Å². The number of rotatable bonds is 8. The maximum Gasteiger partial charge on any atom is 0.269 e. The van der Waals surface area contributed by atoms with E-state index < -0.39 is 0 Å². The Balaban J connectivity index is 2.75. The van der Waals surface area contributed by atoms with Crippen LogP contribution in [0.3, 0.4) is 0 Å². The van der Waals surface area contributed by atoms with E-state index in [1.165, 1.54) is 6.42 Å². The van der Waals surface area contributed by atoms with E-state index in [2.05, 4.69) is 33.0 Å². The van der Waals surface area contributed by atoms with Gasteiger partial charge < -0.3 is 5.32 Å². The summed E-state index contributed by atoms with van der Waals surface area (Å²) < 4.78 is 0. The van der Waals surface area contributed by atoms with E-state index in [1.807, 2.05) is 6.07 Å². The van der Waals surface area contributed by atoms with Crippen LogP contribution in [0.1, 0.15) is 58.6 Å². The van der Waals surface area contributed by atoms with Crippen LogP contribution in [0.25, 0.3) is 0 Å². The molecule has 0 aromatic heterocycles. The van der Waals surface area contributed by atoms with Gasteiger partial charge in [-0.1, -0.05) is 39.3 Å². The van der Waals surface area contributed by atoms with E-state index in [0.29, 0.717) is 12.0 Å². The first-order valence-electron chi connectivity index (χ1n) is 7.48. The molecule has 1 rings (SSSR count). The second-order valence-corrected chi connectivity index (χ2v) is 5.63. The van der Waals surface area contributed by atoms with Crippen molar-refractivity contribution in [3.05, 3.63) is 39.9 Å². The van der Waals surface area contributed by atoms with Gasteiger partial charge in [0.2, 0.25) is 0 Å². The summed E-state index contributed by atoms with van der Waals surface area (Å²) in [6.45, 7) is 8.75. The molecular weight excluding hydrogens is 252 g/mol. The van der Waals surface area contributed by atoms with Crippen molar-refractivity contribution in [3.63, 3.8) is 0 Å². The molecule has 4 heteroatoms. The molecule has 0 aliphatic heterocycles. The fourth-order valence-electron chi connectivity index (χ4n) is 2.49. The van der Waals surface area contributed by atoms with Crippen LogP contribution in [-0.4, -0.2) is 11.0 Å². The summed E-state index contributed by atoms with van der Waals surface area (Å²) in [5, 5.41) is 14.4. The van der Waals surface area contributed by atoms with Crippen LogP contribution in [0.5, 0.6) is 0 Å². The average molecular weight is 278 g/mol. The second kappa shape index (κ2) is 8.00. The van der Waals surface area contributed by atoms with E-state index in [0.717, 1.165) is 18.4 Å². The third kappa shape index (κ3) is 4.93. The van der Waals surface area contributed by atoms with Crippen molar-refractivity contribution in [3.8, 4) is 0 Å². The monoisotopic (exact) mass is 278 g/mol. The first-order valence-corrected chi connectivity index (χ1v) is 7.48. The van der Waals surface area contributed by atoms with Gasteiger partial charge in [-0.15, -0.1) is 0 Å². The predicted molar refractivity (Wildman–Crippen MR) is 82.8 cm³/mol. The molecule has 0 saturated heterocycles. The number of nitro benzene ring substituents is 1. The molecule has 0 amide bonds. The molecule has 112 valence electrons. The zero-order valence-electron chi connectivity index (χ0n) is 12.9. The molecule has 0 aliphatic carbocycles. The molecule has 0 spiro atoms. The van der Waals surface area contributed by atoms with Crippen molar-refractivity contribution in [2.45, 2.75) is 59.0 Å². The number of benzene rings is 1. The first-order chi connectivity index (χ1) is 9.47. The highest BCUT2D eigenvalue weighted by Crippen LogP contribution is 2.23. The largest absolute Gasteiger partial charge is 0.307 e. The number of hydrogen-bond donors (Lipinski definition) is 1. The third-order valence-electron chi connectivity index (χ3n) is 3.83. The van der Waals surface area contributed by atoms with Crippen molar-refractivity contribution < 1.29 is 4.92 Å². The third-order valence-corrected chi connectivity index (χ3v) is 3.83. The van der Waals surface area contributed by atoms with Gasteiger partial charge in [0.1, 0.15) is 0 Å². The van der Waals surface area contributed by atoms with Crippen LogP contribution < -0.4 is 5.32 Å². The minimum absolute atomic E-state index is 0.164. The molecule has 0 fully saturated rings. The Bertz CT molecular complexity index is 434. The number of non-ortho nitro benzene ring substituents is 1. The summed E-state index contributed by atoms with van der Waals surface area (Å²) in [5.74, 6) is 0.695. The van der Waals surface area contributed by atoms with E-state index >= 15 is 0 Å². The SMILES string of the molecule is CCC(C)CC(C)NC(CC)c1cccc([N+](=O)[O-])c1. The highest BCUT2D eigenvalue weighted by molar-refractivity contribution is 5.35. The highest BCUT2D eigenvalue weighted by atomic mass is 16.6. The molecular formula is C16H26N2O2. The lowest BCUT2D eigenvalue weighted by Crippen LogP contribution is -2.31. The van der Waals surface area contributed by atoms with Crippen LogP contribution in [0.4, 0.5) is 5.69 Å². The van der Waals surface area contributed by atoms with Gasteiger partial charge in [0.25, 0.3) is 5.69 Å². The fraction of sp³-hybridized carbons (Fsp3) is 0.625. The zero-order valence-corrected chi connectivity index (χ0v) is 12.9. The van der Waals surface area contributed by atoms with Gasteiger partial charge in [0.05, 0.1) is 4.92 Å². The van der Waals surface area contributed by atoms with Crippen molar-refractivity contribution in [2.75, 3.05) is 0 Å². The standard InChI is InChI=1S/C16H26N2O2/c1-5-12(3)10-13(4)17-16(6-2)14-8-7-9-15(11-14)18(19)20/h7-9,11-13,16-17H,5-6,10H2,1-4H3. The lowest BCUT2D eigenvalue weighted by Gasteiger charge is -2.24. The lowest BCUT2D eigenvalue weighted by atomic mass is 9.97. The Labute approximate surface area is 121 Å². The van der Waals surface area contributed by atoms with Crippen LogP contribution in [0.2, 0.25) is 0 Å².